The molecule has 100 valence electrons. The second-order valence-electron chi connectivity index (χ2n) is 4.13. The van der Waals surface area contributed by atoms with Crippen molar-refractivity contribution in [2.24, 2.45) is 0 Å². The van der Waals surface area contributed by atoms with Crippen molar-refractivity contribution in [2.45, 2.75) is 30.7 Å². The van der Waals surface area contributed by atoms with Crippen molar-refractivity contribution in [2.75, 3.05) is 17.6 Å². The number of thioether (sulfide) groups is 1. The van der Waals surface area contributed by atoms with Gasteiger partial charge in [0.15, 0.2) is 0 Å². The van der Waals surface area contributed by atoms with E-state index < -0.39 is 11.9 Å². The fourth-order valence-corrected chi connectivity index (χ4v) is 3.01. The minimum atomic E-state index is -4.42. The van der Waals surface area contributed by atoms with Crippen LogP contribution in [0.5, 0.6) is 0 Å². The summed E-state index contributed by atoms with van der Waals surface area (Å²) in [5.74, 6) is 1.17. The smallest absolute Gasteiger partial charge is 0.353 e. The van der Waals surface area contributed by atoms with E-state index in [-0.39, 0.29) is 5.95 Å². The van der Waals surface area contributed by atoms with Gasteiger partial charge in [0.2, 0.25) is 5.95 Å². The number of alkyl halides is 3. The first-order chi connectivity index (χ1) is 8.55. The molecule has 7 heteroatoms. The molecule has 0 amide bonds. The zero-order chi connectivity index (χ0) is 13.0. The number of aromatic nitrogens is 2. The molecule has 0 aliphatic carbocycles. The van der Waals surface area contributed by atoms with E-state index in [0.29, 0.717) is 11.8 Å². The van der Waals surface area contributed by atoms with Crippen molar-refractivity contribution < 1.29 is 13.2 Å². The molecule has 0 aromatic carbocycles. The molecule has 18 heavy (non-hydrogen) atoms. The molecule has 0 spiro atoms. The quantitative estimate of drug-likeness (QED) is 0.920. The van der Waals surface area contributed by atoms with Gasteiger partial charge in [-0.1, -0.05) is 6.42 Å². The van der Waals surface area contributed by atoms with Crippen LogP contribution in [0.15, 0.2) is 12.3 Å². The third-order valence-corrected chi connectivity index (χ3v) is 4.11. The summed E-state index contributed by atoms with van der Waals surface area (Å²) in [7, 11) is 0. The second-order valence-corrected chi connectivity index (χ2v) is 5.54. The lowest BCUT2D eigenvalue weighted by molar-refractivity contribution is -0.141. The van der Waals surface area contributed by atoms with E-state index in [1.54, 1.807) is 0 Å². The SMILES string of the molecule is FC(F)(F)c1ccnc(NCC2CCCCS2)n1. The average molecular weight is 277 g/mol. The van der Waals surface area contributed by atoms with Crippen LogP contribution in [0.2, 0.25) is 0 Å². The summed E-state index contributed by atoms with van der Waals surface area (Å²) in [4.78, 5) is 7.28. The van der Waals surface area contributed by atoms with Crippen LogP contribution in [0.25, 0.3) is 0 Å². The normalized spacial score (nSPS) is 20.7. The maximum Gasteiger partial charge on any atom is 0.433 e. The van der Waals surface area contributed by atoms with Crippen molar-refractivity contribution in [3.63, 3.8) is 0 Å². The maximum atomic E-state index is 12.4. The minimum Gasteiger partial charge on any atom is -0.353 e. The first-order valence-corrected chi connectivity index (χ1v) is 6.86. The third-order valence-electron chi connectivity index (χ3n) is 2.71. The van der Waals surface area contributed by atoms with Crippen LogP contribution >= 0.6 is 11.8 Å². The number of rotatable bonds is 3. The lowest BCUT2D eigenvalue weighted by Crippen LogP contribution is -2.21. The highest BCUT2D eigenvalue weighted by Crippen LogP contribution is 2.28. The minimum absolute atomic E-state index is 0.0519. The largest absolute Gasteiger partial charge is 0.433 e. The summed E-state index contributed by atoms with van der Waals surface area (Å²) in [5, 5.41) is 3.33. The number of hydrogen-bond donors (Lipinski definition) is 1. The van der Waals surface area contributed by atoms with Crippen molar-refractivity contribution in [3.8, 4) is 0 Å². The van der Waals surface area contributed by atoms with E-state index in [1.807, 2.05) is 11.8 Å². The molecule has 2 rings (SSSR count). The number of hydrogen-bond acceptors (Lipinski definition) is 4. The molecular weight excluding hydrogens is 263 g/mol. The van der Waals surface area contributed by atoms with Gasteiger partial charge in [0.1, 0.15) is 5.69 Å². The Labute approximate surface area is 108 Å². The van der Waals surface area contributed by atoms with Crippen molar-refractivity contribution in [3.05, 3.63) is 18.0 Å². The Kier molecular flexibility index (Phi) is 4.31. The fraction of sp³-hybridized carbons (Fsp3) is 0.636. The molecular formula is C11H14F3N3S. The van der Waals surface area contributed by atoms with Gasteiger partial charge in [-0.25, -0.2) is 9.97 Å². The van der Waals surface area contributed by atoms with Gasteiger partial charge in [-0.05, 0) is 24.7 Å². The summed E-state index contributed by atoms with van der Waals surface area (Å²) in [6, 6.07) is 0.876. The van der Waals surface area contributed by atoms with E-state index in [0.717, 1.165) is 24.4 Å². The molecule has 1 fully saturated rings. The van der Waals surface area contributed by atoms with Gasteiger partial charge < -0.3 is 5.32 Å². The Morgan fingerprint density at radius 3 is 2.89 bits per heavy atom. The van der Waals surface area contributed by atoms with Crippen LogP contribution < -0.4 is 5.32 Å². The molecule has 1 saturated heterocycles. The molecule has 0 bridgehead atoms. The Bertz CT molecular complexity index is 391. The zero-order valence-electron chi connectivity index (χ0n) is 9.70. The van der Waals surface area contributed by atoms with Crippen molar-refractivity contribution >= 4 is 17.7 Å². The predicted octanol–water partition coefficient (Wildman–Crippen LogP) is 3.19. The van der Waals surface area contributed by atoms with Crippen LogP contribution in [-0.2, 0) is 6.18 Å². The Morgan fingerprint density at radius 2 is 2.22 bits per heavy atom. The Balaban J connectivity index is 1.92. The Morgan fingerprint density at radius 1 is 1.39 bits per heavy atom. The summed E-state index contributed by atoms with van der Waals surface area (Å²) in [6.07, 6.45) is 0.214. The molecule has 1 aliphatic rings. The Hall–Kier alpha value is -0.980. The zero-order valence-corrected chi connectivity index (χ0v) is 10.5. The molecule has 1 unspecified atom stereocenters. The molecule has 0 radical (unpaired) electrons. The predicted molar refractivity (Wildman–Crippen MR) is 65.6 cm³/mol. The van der Waals surface area contributed by atoms with Crippen LogP contribution in [0, 0.1) is 0 Å². The van der Waals surface area contributed by atoms with Crippen LogP contribution in [0.4, 0.5) is 19.1 Å². The maximum absolute atomic E-state index is 12.4. The molecule has 2 heterocycles. The second kappa shape index (κ2) is 5.77. The molecule has 1 atom stereocenters. The summed E-state index contributed by atoms with van der Waals surface area (Å²) < 4.78 is 37.3. The first kappa shape index (κ1) is 13.5. The molecule has 1 aromatic heterocycles. The van der Waals surface area contributed by atoms with Crippen molar-refractivity contribution in [1.29, 1.82) is 0 Å². The van der Waals surface area contributed by atoms with Gasteiger partial charge in [0, 0.05) is 18.0 Å². The molecule has 1 aromatic rings. The average Bonchev–Trinajstić information content (AvgIpc) is 2.37. The third kappa shape index (κ3) is 3.76. The highest BCUT2D eigenvalue weighted by atomic mass is 32.2. The van der Waals surface area contributed by atoms with E-state index in [1.165, 1.54) is 12.8 Å². The number of nitrogens with one attached hydrogen (secondary N) is 1. The summed E-state index contributed by atoms with van der Waals surface area (Å²) in [5.41, 5.74) is -0.906. The summed E-state index contributed by atoms with van der Waals surface area (Å²) in [6.45, 7) is 0.617. The fourth-order valence-electron chi connectivity index (χ4n) is 1.78. The van der Waals surface area contributed by atoms with Gasteiger partial charge in [0.25, 0.3) is 0 Å². The highest BCUT2D eigenvalue weighted by Gasteiger charge is 2.32. The van der Waals surface area contributed by atoms with Gasteiger partial charge in [-0.2, -0.15) is 24.9 Å². The van der Waals surface area contributed by atoms with E-state index in [9.17, 15) is 13.2 Å². The van der Waals surface area contributed by atoms with Crippen LogP contribution in [0.3, 0.4) is 0 Å². The van der Waals surface area contributed by atoms with E-state index in [4.69, 9.17) is 0 Å². The number of nitrogens with zero attached hydrogens (tertiary/aromatic N) is 2. The number of halogens is 3. The van der Waals surface area contributed by atoms with Gasteiger partial charge in [-0.3, -0.25) is 0 Å². The number of anilines is 1. The van der Waals surface area contributed by atoms with Gasteiger partial charge in [-0.15, -0.1) is 0 Å². The van der Waals surface area contributed by atoms with Crippen LogP contribution in [-0.4, -0.2) is 27.5 Å². The van der Waals surface area contributed by atoms with Gasteiger partial charge >= 0.3 is 6.18 Å². The van der Waals surface area contributed by atoms with Gasteiger partial charge in [0.05, 0.1) is 0 Å². The lowest BCUT2D eigenvalue weighted by Gasteiger charge is -2.21. The first-order valence-electron chi connectivity index (χ1n) is 5.81. The molecule has 3 nitrogen and oxygen atoms in total. The van der Waals surface area contributed by atoms with E-state index >= 15 is 0 Å². The molecule has 1 N–H and O–H groups in total. The standard InChI is InChI=1S/C11H14F3N3S/c12-11(13,14)9-4-5-15-10(17-9)16-7-8-3-1-2-6-18-8/h4-5,8H,1-3,6-7H2,(H,15,16,17). The monoisotopic (exact) mass is 277 g/mol. The van der Waals surface area contributed by atoms with Crippen LogP contribution in [0.1, 0.15) is 25.0 Å². The lowest BCUT2D eigenvalue weighted by atomic mass is 10.2. The highest BCUT2D eigenvalue weighted by molar-refractivity contribution is 7.99. The molecule has 1 aliphatic heterocycles. The van der Waals surface area contributed by atoms with E-state index in [2.05, 4.69) is 15.3 Å². The summed E-state index contributed by atoms with van der Waals surface area (Å²) >= 11 is 1.85. The van der Waals surface area contributed by atoms with Crippen molar-refractivity contribution in [1.82, 2.24) is 9.97 Å². The topological polar surface area (TPSA) is 37.8 Å². The molecule has 0 saturated carbocycles.